The van der Waals surface area contributed by atoms with Crippen molar-refractivity contribution in [2.75, 3.05) is 15.5 Å². The highest BCUT2D eigenvalue weighted by molar-refractivity contribution is 6.52. The molecular formula is C68H91N4O10+. The molecular weight excluding hydrogens is 1030 g/mol. The van der Waals surface area contributed by atoms with Gasteiger partial charge in [-0.15, -0.1) is 0 Å². The predicted molar refractivity (Wildman–Crippen MR) is 327 cm³/mol. The average molecular weight is 1120 g/mol. The quantitative estimate of drug-likeness (QED) is 0.0486. The Morgan fingerprint density at radius 3 is 1.40 bits per heavy atom. The maximum atomic E-state index is 15.2. The van der Waals surface area contributed by atoms with Gasteiger partial charge in [0.25, 0.3) is 0 Å². The van der Waals surface area contributed by atoms with E-state index < -0.39 is 62.0 Å². The van der Waals surface area contributed by atoms with Crippen LogP contribution in [0.2, 0.25) is 0 Å². The minimum absolute atomic E-state index is 0.00832. The van der Waals surface area contributed by atoms with Crippen molar-refractivity contribution in [2.24, 2.45) is 0 Å². The highest BCUT2D eigenvalue weighted by Gasteiger charge is 2.48. The summed E-state index contributed by atoms with van der Waals surface area (Å²) in [6.45, 7) is 44.8. The summed E-state index contributed by atoms with van der Waals surface area (Å²) in [7, 11) is 0. The van der Waals surface area contributed by atoms with E-state index in [0.29, 0.717) is 33.0 Å². The zero-order chi connectivity index (χ0) is 61.6. The van der Waals surface area contributed by atoms with E-state index in [1.165, 1.54) is 0 Å². The lowest BCUT2D eigenvalue weighted by Crippen LogP contribution is -2.42. The number of hydrogen-bond acceptors (Lipinski definition) is 11. The van der Waals surface area contributed by atoms with Gasteiger partial charge in [-0.05, 0) is 125 Å². The number of phenolic OH excluding ortho intramolecular Hbond substituents is 2. The van der Waals surface area contributed by atoms with Crippen molar-refractivity contribution in [3.63, 3.8) is 0 Å². The number of aromatic hydroxyl groups is 2. The van der Waals surface area contributed by atoms with Gasteiger partial charge in [-0.2, -0.15) is 0 Å². The van der Waals surface area contributed by atoms with Crippen LogP contribution in [0.4, 0.5) is 17.1 Å². The second-order valence-electron chi connectivity index (χ2n) is 28.8. The number of ether oxygens (including phenoxy) is 2. The summed E-state index contributed by atoms with van der Waals surface area (Å²) in [5, 5.41) is 42.2. The molecule has 14 nitrogen and oxygen atoms in total. The number of allylic oxidation sites excluding steroid dienone is 2. The molecule has 2 atom stereocenters. The van der Waals surface area contributed by atoms with Gasteiger partial charge >= 0.3 is 11.9 Å². The van der Waals surface area contributed by atoms with Crippen molar-refractivity contribution in [1.82, 2.24) is 4.58 Å². The largest absolute Gasteiger partial charge is 0.507 e. The Labute approximate surface area is 486 Å². The molecule has 2 amide bonds. The first-order valence-electron chi connectivity index (χ1n) is 29.1. The number of aliphatic hydroxyl groups is 1. The van der Waals surface area contributed by atoms with E-state index in [1.807, 2.05) is 107 Å². The van der Waals surface area contributed by atoms with Crippen molar-refractivity contribution < 1.29 is 48.8 Å². The van der Waals surface area contributed by atoms with Crippen molar-refractivity contribution in [3.05, 3.63) is 104 Å². The zero-order valence-electron chi connectivity index (χ0n) is 52.9. The maximum absolute atomic E-state index is 15.2. The summed E-state index contributed by atoms with van der Waals surface area (Å²) in [4.78, 5) is 72.7. The van der Waals surface area contributed by atoms with Crippen molar-refractivity contribution in [3.8, 4) is 23.0 Å². The molecule has 14 heteroatoms. The Morgan fingerprint density at radius 2 is 1.01 bits per heavy atom. The lowest BCUT2D eigenvalue weighted by Gasteiger charge is -2.34. The topological polar surface area (TPSA) is 195 Å². The van der Waals surface area contributed by atoms with Crippen LogP contribution in [0.1, 0.15) is 217 Å². The van der Waals surface area contributed by atoms with Crippen LogP contribution in [-0.2, 0) is 56.5 Å². The van der Waals surface area contributed by atoms with E-state index in [-0.39, 0.29) is 101 Å². The molecule has 0 aromatic heterocycles. The van der Waals surface area contributed by atoms with Gasteiger partial charge in [0.1, 0.15) is 34.8 Å². The predicted octanol–water partition coefficient (Wildman–Crippen LogP) is 12.1. The summed E-state index contributed by atoms with van der Waals surface area (Å²) < 4.78 is 14.0. The van der Waals surface area contributed by atoms with Crippen LogP contribution in [0, 0.1) is 0 Å². The fraction of sp³-hybridized carbons (Fsp3) is 0.529. The number of anilines is 3. The van der Waals surface area contributed by atoms with E-state index >= 15 is 4.79 Å². The molecule has 4 aromatic rings. The normalized spacial score (nSPS) is 18.4. The SMILES string of the molecule is CC(C)N1c2cc(NC(=O)CCC(=O)Oc3cc(C(C)(C)C)c(O)c(C(C)(C)C)c3)c(C3=C(O)/C(=c4/cc5c(cc4NC(=O)CCC(=O)Oc4cc(C(C)(C)C)c(O)c(C(C)(C)C)c4)=[N+](C(C)C)C(C)C5(C)C)C3=O)cc2C(C)(C)C1C. The minimum atomic E-state index is -0.644. The molecule has 82 heavy (non-hydrogen) atoms. The van der Waals surface area contributed by atoms with Crippen molar-refractivity contribution in [2.45, 2.75) is 235 Å². The number of Topliss-reactive ketones (excluding diaryl/α,β-unsaturated/α-hetero) is 1. The number of benzene rings is 4. The van der Waals surface area contributed by atoms with Gasteiger partial charge < -0.3 is 40.3 Å². The van der Waals surface area contributed by atoms with Crippen molar-refractivity contribution >= 4 is 57.7 Å². The molecule has 3 aliphatic rings. The molecule has 0 fully saturated rings. The second kappa shape index (κ2) is 21.7. The number of aliphatic hydroxyl groups excluding tert-OH is 1. The van der Waals surface area contributed by atoms with E-state index in [2.05, 4.69) is 89.3 Å². The van der Waals surface area contributed by atoms with Gasteiger partial charge in [0.05, 0.1) is 40.8 Å². The molecule has 5 N–H and O–H groups in total. The Hall–Kier alpha value is -6.96. The molecule has 1 aliphatic carbocycles. The molecule has 0 saturated heterocycles. The van der Waals surface area contributed by atoms with Crippen LogP contribution in [0.5, 0.6) is 23.0 Å². The van der Waals surface area contributed by atoms with E-state index in [0.717, 1.165) is 22.2 Å². The molecule has 2 aliphatic heterocycles. The van der Waals surface area contributed by atoms with E-state index in [1.54, 1.807) is 24.3 Å². The number of nitrogens with one attached hydrogen (secondary N) is 2. The number of hydrogen-bond donors (Lipinski definition) is 5. The van der Waals surface area contributed by atoms with Gasteiger partial charge in [-0.25, -0.2) is 4.58 Å². The monoisotopic (exact) mass is 1120 g/mol. The molecule has 0 bridgehead atoms. The average Bonchev–Trinajstić information content (AvgIpc) is 2.32. The molecule has 0 saturated carbocycles. The number of nitrogens with zero attached hydrogens (tertiary/aromatic N) is 2. The first kappa shape index (κ1) is 62.6. The van der Waals surface area contributed by atoms with Crippen LogP contribution >= 0.6 is 0 Å². The zero-order valence-corrected chi connectivity index (χ0v) is 52.9. The Morgan fingerprint density at radius 1 is 0.585 bits per heavy atom. The summed E-state index contributed by atoms with van der Waals surface area (Å²) in [6.07, 6.45) is -1.07. The molecule has 0 spiro atoms. The standard InChI is InChI=1S/C68H90N4O10/c1-35(2)71-37(5)67(19,20)43-31-41(49(33-51(43)71)69-53(73)23-25-55(75)81-39-27-45(63(7,8)9)59(77)46(28-39)64(10,11)12)57-61(79)58(62(57)80)42-32-44-52(72(36(3)4)38(6)68(44,21)22)34-50(42)70-54(74)24-26-56(76)82-40-29-47(65(13,14)15)60(78)48(30-40)66(16,17)18/h27-38H,23-26H2,1-22H3,(H4,69,70,73,74,77,78,79,80)/p+1. The van der Waals surface area contributed by atoms with Gasteiger partial charge in [0.15, 0.2) is 6.04 Å². The fourth-order valence-corrected chi connectivity index (χ4v) is 12.0. The Balaban J connectivity index is 1.26. The third-order valence-corrected chi connectivity index (χ3v) is 17.2. The molecule has 442 valence electrons. The van der Waals surface area contributed by atoms with Gasteiger partial charge in [0, 0.05) is 80.7 Å². The van der Waals surface area contributed by atoms with Gasteiger partial charge in [-0.3, -0.25) is 24.0 Å². The Kier molecular flexibility index (Phi) is 16.5. The summed E-state index contributed by atoms with van der Waals surface area (Å²) in [6, 6.07) is 14.3. The van der Waals surface area contributed by atoms with Crippen LogP contribution < -0.4 is 40.2 Å². The minimum Gasteiger partial charge on any atom is -0.507 e. The second-order valence-corrected chi connectivity index (χ2v) is 28.8. The highest BCUT2D eigenvalue weighted by Crippen LogP contribution is 2.51. The first-order chi connectivity index (χ1) is 37.5. The van der Waals surface area contributed by atoms with Gasteiger partial charge in [-0.1, -0.05) is 96.9 Å². The van der Waals surface area contributed by atoms with E-state index in [4.69, 9.17) is 9.47 Å². The van der Waals surface area contributed by atoms with E-state index in [9.17, 15) is 34.5 Å². The van der Waals surface area contributed by atoms with Crippen LogP contribution in [0.15, 0.2) is 54.3 Å². The number of amides is 2. The van der Waals surface area contributed by atoms with Crippen LogP contribution in [0.25, 0.3) is 11.1 Å². The number of esters is 2. The third-order valence-electron chi connectivity index (χ3n) is 17.2. The molecule has 0 radical (unpaired) electrons. The third kappa shape index (κ3) is 11.8. The number of rotatable bonds is 13. The smallest absolute Gasteiger partial charge is 0.311 e. The molecule has 7 rings (SSSR count). The van der Waals surface area contributed by atoms with Crippen molar-refractivity contribution in [1.29, 1.82) is 0 Å². The summed E-state index contributed by atoms with van der Waals surface area (Å²) >= 11 is 0. The molecule has 2 heterocycles. The molecule has 2 unspecified atom stereocenters. The number of carbonyl (C=O) groups excluding carboxylic acids is 5. The number of phenols is 2. The first-order valence-corrected chi connectivity index (χ1v) is 29.1. The number of ketones is 1. The van der Waals surface area contributed by atoms with Crippen LogP contribution in [0.3, 0.4) is 0 Å². The lowest BCUT2D eigenvalue weighted by molar-refractivity contribution is -0.136. The molecule has 4 aromatic carbocycles. The highest BCUT2D eigenvalue weighted by atomic mass is 16.5. The number of fused-ring (bicyclic) bond motifs is 2. The number of carbonyl (C=O) groups is 5. The fourth-order valence-electron chi connectivity index (χ4n) is 12.0. The van der Waals surface area contributed by atoms with Gasteiger partial charge in [0.2, 0.25) is 23.0 Å². The lowest BCUT2D eigenvalue weighted by atomic mass is 9.76. The van der Waals surface area contributed by atoms with Crippen LogP contribution in [-0.4, -0.2) is 69.0 Å². The maximum Gasteiger partial charge on any atom is 0.311 e. The summed E-state index contributed by atoms with van der Waals surface area (Å²) in [5.74, 6) is -2.31. The summed E-state index contributed by atoms with van der Waals surface area (Å²) in [5.41, 5.74) is 3.38. The Bertz CT molecular complexity index is 3410.